The summed E-state index contributed by atoms with van der Waals surface area (Å²) in [6, 6.07) is -1.65. The van der Waals surface area contributed by atoms with Crippen LogP contribution in [0, 0.1) is 6.92 Å². The van der Waals surface area contributed by atoms with E-state index in [2.05, 4.69) is 32.3 Å². The van der Waals surface area contributed by atoms with E-state index in [1.54, 1.807) is 6.92 Å². The van der Waals surface area contributed by atoms with E-state index in [0.717, 1.165) is 12.3 Å². The molecule has 0 saturated heterocycles. The fourth-order valence-electron chi connectivity index (χ4n) is 3.68. The van der Waals surface area contributed by atoms with Crippen molar-refractivity contribution < 1.29 is 27.7 Å². The van der Waals surface area contributed by atoms with Crippen molar-refractivity contribution in [2.24, 2.45) is 0 Å². The van der Waals surface area contributed by atoms with Gasteiger partial charge in [-0.3, -0.25) is 14.4 Å². The van der Waals surface area contributed by atoms with E-state index in [1.165, 1.54) is 23.5 Å². The molecule has 34 heavy (non-hydrogen) atoms. The molecule has 2 heterocycles. The first kappa shape index (κ1) is 24.9. The van der Waals surface area contributed by atoms with Crippen LogP contribution in [0.3, 0.4) is 0 Å². The summed E-state index contributed by atoms with van der Waals surface area (Å²) in [7, 11) is 0. The van der Waals surface area contributed by atoms with Crippen molar-refractivity contribution in [2.45, 2.75) is 50.6 Å². The Morgan fingerprint density at radius 1 is 1.26 bits per heavy atom. The van der Waals surface area contributed by atoms with E-state index < -0.39 is 35.7 Å². The highest BCUT2D eigenvalue weighted by Gasteiger charge is 2.38. The summed E-state index contributed by atoms with van der Waals surface area (Å²) < 4.78 is 31.9. The third-order valence-corrected chi connectivity index (χ3v) is 5.52. The first-order chi connectivity index (χ1) is 16.2. The molecular formula is C22H26F2N6O4. The van der Waals surface area contributed by atoms with E-state index in [4.69, 9.17) is 4.52 Å². The highest BCUT2D eigenvalue weighted by Crippen LogP contribution is 2.33. The maximum Gasteiger partial charge on any atom is 0.259 e. The molecule has 1 atom stereocenters. The van der Waals surface area contributed by atoms with Crippen LogP contribution in [0.2, 0.25) is 0 Å². The number of aryl methyl sites for hydroxylation is 1. The molecule has 0 spiro atoms. The van der Waals surface area contributed by atoms with E-state index in [1.807, 2.05) is 0 Å². The molecule has 1 unspecified atom stereocenters. The third kappa shape index (κ3) is 6.42. The molecule has 0 radical (unpaired) electrons. The second kappa shape index (κ2) is 10.9. The van der Waals surface area contributed by atoms with Gasteiger partial charge in [0.05, 0.1) is 11.8 Å². The van der Waals surface area contributed by atoms with E-state index in [9.17, 15) is 23.2 Å². The van der Waals surface area contributed by atoms with Crippen molar-refractivity contribution in [1.29, 1.82) is 0 Å². The van der Waals surface area contributed by atoms with Crippen LogP contribution >= 0.6 is 0 Å². The Balaban J connectivity index is 1.89. The van der Waals surface area contributed by atoms with Gasteiger partial charge in [0.25, 0.3) is 5.91 Å². The molecule has 0 bridgehead atoms. The molecule has 12 heteroatoms. The molecule has 1 saturated carbocycles. The minimum Gasteiger partial charge on any atom is -0.364 e. The van der Waals surface area contributed by atoms with E-state index in [0.29, 0.717) is 11.4 Å². The number of halogens is 2. The van der Waals surface area contributed by atoms with Gasteiger partial charge >= 0.3 is 0 Å². The van der Waals surface area contributed by atoms with Crippen molar-refractivity contribution in [1.82, 2.24) is 30.7 Å². The zero-order valence-corrected chi connectivity index (χ0v) is 18.7. The molecule has 0 aliphatic heterocycles. The SMILES string of the molecule is C=CC(=O)NCCN(C(=O)c1cnoc1)C(C(=O)NC1CCC(F)(F)CC1)c1cnc(C)nc1. The summed E-state index contributed by atoms with van der Waals surface area (Å²) in [5.74, 6) is -3.87. The van der Waals surface area contributed by atoms with Gasteiger partial charge in [-0.15, -0.1) is 0 Å². The first-order valence-electron chi connectivity index (χ1n) is 10.8. The average Bonchev–Trinajstić information content (AvgIpc) is 3.35. The summed E-state index contributed by atoms with van der Waals surface area (Å²) in [5.41, 5.74) is 0.419. The number of aromatic nitrogens is 3. The Labute approximate surface area is 194 Å². The van der Waals surface area contributed by atoms with Crippen LogP contribution < -0.4 is 10.6 Å². The molecular weight excluding hydrogens is 450 g/mol. The minimum atomic E-state index is -2.74. The maximum atomic E-state index is 13.6. The molecule has 2 aromatic rings. The van der Waals surface area contributed by atoms with Crippen molar-refractivity contribution >= 4 is 17.7 Å². The Bertz CT molecular complexity index is 1000. The summed E-state index contributed by atoms with van der Waals surface area (Å²) >= 11 is 0. The number of hydrogen-bond acceptors (Lipinski definition) is 7. The van der Waals surface area contributed by atoms with Crippen molar-refractivity contribution in [3.63, 3.8) is 0 Å². The zero-order chi connectivity index (χ0) is 24.7. The molecule has 10 nitrogen and oxygen atoms in total. The largest absolute Gasteiger partial charge is 0.364 e. The number of nitrogens with zero attached hydrogens (tertiary/aromatic N) is 4. The highest BCUT2D eigenvalue weighted by molar-refractivity contribution is 5.97. The second-order valence-corrected chi connectivity index (χ2v) is 8.01. The van der Waals surface area contributed by atoms with Gasteiger partial charge in [-0.05, 0) is 25.8 Å². The summed E-state index contributed by atoms with van der Waals surface area (Å²) in [4.78, 5) is 47.8. The quantitative estimate of drug-likeness (QED) is 0.529. The Kier molecular flexibility index (Phi) is 8.03. The highest BCUT2D eigenvalue weighted by atomic mass is 19.3. The maximum absolute atomic E-state index is 13.6. The number of hydrogen-bond donors (Lipinski definition) is 2. The number of carbonyl (C=O) groups is 3. The number of amides is 3. The molecule has 2 N–H and O–H groups in total. The van der Waals surface area contributed by atoms with Crippen molar-refractivity contribution in [3.05, 3.63) is 54.5 Å². The van der Waals surface area contributed by atoms with Crippen LogP contribution in [0.25, 0.3) is 0 Å². The third-order valence-electron chi connectivity index (χ3n) is 5.52. The molecule has 1 aliphatic rings. The minimum absolute atomic E-state index is 0.0218. The number of carbonyl (C=O) groups excluding carboxylic acids is 3. The molecule has 2 aromatic heterocycles. The zero-order valence-electron chi connectivity index (χ0n) is 18.7. The van der Waals surface area contributed by atoms with Gasteiger partial charge < -0.3 is 20.1 Å². The van der Waals surface area contributed by atoms with Gasteiger partial charge in [0.15, 0.2) is 0 Å². The monoisotopic (exact) mass is 476 g/mol. The van der Waals surface area contributed by atoms with Gasteiger partial charge in [0.2, 0.25) is 17.7 Å². The molecule has 1 fully saturated rings. The van der Waals surface area contributed by atoms with Crippen LogP contribution in [-0.2, 0) is 9.59 Å². The second-order valence-electron chi connectivity index (χ2n) is 8.01. The van der Waals surface area contributed by atoms with Crippen LogP contribution in [0.4, 0.5) is 8.78 Å². The fourth-order valence-corrected chi connectivity index (χ4v) is 3.68. The molecule has 3 rings (SSSR count). The average molecular weight is 476 g/mol. The smallest absolute Gasteiger partial charge is 0.259 e. The lowest BCUT2D eigenvalue weighted by Gasteiger charge is -2.34. The Morgan fingerprint density at radius 3 is 2.53 bits per heavy atom. The molecule has 3 amide bonds. The fraction of sp³-hybridized carbons (Fsp3) is 0.455. The van der Waals surface area contributed by atoms with Crippen LogP contribution in [0.5, 0.6) is 0 Å². The predicted octanol–water partition coefficient (Wildman–Crippen LogP) is 1.95. The van der Waals surface area contributed by atoms with Gasteiger partial charge in [-0.2, -0.15) is 0 Å². The summed E-state index contributed by atoms with van der Waals surface area (Å²) in [6.45, 7) is 5.02. The predicted molar refractivity (Wildman–Crippen MR) is 116 cm³/mol. The summed E-state index contributed by atoms with van der Waals surface area (Å²) in [5, 5.41) is 8.91. The lowest BCUT2D eigenvalue weighted by atomic mass is 9.92. The topological polar surface area (TPSA) is 130 Å². The lowest BCUT2D eigenvalue weighted by molar-refractivity contribution is -0.127. The number of nitrogens with one attached hydrogen (secondary N) is 2. The van der Waals surface area contributed by atoms with E-state index >= 15 is 0 Å². The van der Waals surface area contributed by atoms with Gasteiger partial charge in [0.1, 0.15) is 18.1 Å². The Hall–Kier alpha value is -3.70. The van der Waals surface area contributed by atoms with Gasteiger partial charge in [0, 0.05) is 49.9 Å². The number of rotatable bonds is 9. The van der Waals surface area contributed by atoms with Crippen molar-refractivity contribution in [3.8, 4) is 0 Å². The first-order valence-corrected chi connectivity index (χ1v) is 10.8. The van der Waals surface area contributed by atoms with Crippen LogP contribution in [0.1, 0.15) is 53.5 Å². The van der Waals surface area contributed by atoms with Gasteiger partial charge in [-0.25, -0.2) is 18.7 Å². The number of alkyl halides is 2. The van der Waals surface area contributed by atoms with Crippen LogP contribution in [0.15, 0.2) is 42.0 Å². The van der Waals surface area contributed by atoms with Crippen LogP contribution in [-0.4, -0.2) is 62.8 Å². The van der Waals surface area contributed by atoms with E-state index in [-0.39, 0.29) is 44.3 Å². The molecule has 182 valence electrons. The Morgan fingerprint density at radius 2 is 1.94 bits per heavy atom. The molecule has 1 aliphatic carbocycles. The van der Waals surface area contributed by atoms with Crippen molar-refractivity contribution in [2.75, 3.05) is 13.1 Å². The normalized spacial score (nSPS) is 16.3. The standard InChI is InChI=1S/C22H26F2N6O4/c1-3-18(31)25-8-9-30(21(33)16-12-28-34-13-16)19(15-10-26-14(2)27-11-15)20(32)29-17-4-6-22(23,24)7-5-17/h3,10-13,17,19H,1,4-9H2,2H3,(H,25,31)(H,29,32). The lowest BCUT2D eigenvalue weighted by Crippen LogP contribution is -2.49. The van der Waals surface area contributed by atoms with Gasteiger partial charge in [-0.1, -0.05) is 11.7 Å². The summed E-state index contributed by atoms with van der Waals surface area (Å²) in [6.07, 6.45) is 5.87. The molecule has 0 aromatic carbocycles.